The molecule has 344 valence electrons. The zero-order chi connectivity index (χ0) is 42.6. The van der Waals surface area contributed by atoms with Gasteiger partial charge in [-0.25, -0.2) is 0 Å². The summed E-state index contributed by atoms with van der Waals surface area (Å²) in [5.41, 5.74) is 0. The first-order valence-corrected chi connectivity index (χ1v) is 25.8. The van der Waals surface area contributed by atoms with Crippen LogP contribution in [0.4, 0.5) is 0 Å². The number of esters is 3. The fourth-order valence-corrected chi connectivity index (χ4v) is 7.78. The first-order valence-electron chi connectivity index (χ1n) is 25.8. The van der Waals surface area contributed by atoms with Crippen LogP contribution in [0.25, 0.3) is 0 Å². The summed E-state index contributed by atoms with van der Waals surface area (Å²) in [6.07, 6.45) is 45.4. The van der Waals surface area contributed by atoms with Gasteiger partial charge in [0.15, 0.2) is 6.10 Å². The summed E-state index contributed by atoms with van der Waals surface area (Å²) in [4.78, 5) is 37.6. The van der Waals surface area contributed by atoms with Gasteiger partial charge in [0.2, 0.25) is 0 Å². The topological polar surface area (TPSA) is 78.9 Å². The second-order valence-electron chi connectivity index (χ2n) is 18.5. The minimum absolute atomic E-state index is 0.0646. The summed E-state index contributed by atoms with van der Waals surface area (Å²) >= 11 is 0. The van der Waals surface area contributed by atoms with Crippen molar-refractivity contribution < 1.29 is 28.6 Å². The summed E-state index contributed by atoms with van der Waals surface area (Å²) in [5, 5.41) is 0. The molecule has 6 nitrogen and oxygen atoms in total. The molecule has 0 N–H and O–H groups in total. The van der Waals surface area contributed by atoms with Crippen LogP contribution in [0.3, 0.4) is 0 Å². The monoisotopic (exact) mass is 821 g/mol. The molecule has 0 aliphatic carbocycles. The Hall–Kier alpha value is -1.59. The molecule has 0 heterocycles. The smallest absolute Gasteiger partial charge is 0.306 e. The van der Waals surface area contributed by atoms with Crippen LogP contribution in [0.5, 0.6) is 0 Å². The molecule has 0 aromatic carbocycles. The maximum absolute atomic E-state index is 12.7. The minimum atomic E-state index is -0.759. The fraction of sp³-hybridized carbons (Fsp3) is 0.942. The number of carbonyl (C=O) groups is 3. The van der Waals surface area contributed by atoms with Crippen molar-refractivity contribution in [3.05, 3.63) is 0 Å². The molecule has 6 heteroatoms. The van der Waals surface area contributed by atoms with E-state index in [-0.39, 0.29) is 31.1 Å². The molecule has 0 spiro atoms. The lowest BCUT2D eigenvalue weighted by molar-refractivity contribution is -0.167. The standard InChI is InChI=1S/C52H100O6/c1-6-8-9-30-37-42-50(53)56-45-49(46-57-51(54)43-38-33-28-24-20-16-12-10-14-18-22-26-31-35-40-47(3)4)58-52(55)44-39-34-29-25-21-17-13-11-15-19-23-27-32-36-41-48(5)7-2/h47-49H,6-46H2,1-5H3/t48?,49-/m1/s1. The van der Waals surface area contributed by atoms with E-state index in [1.807, 2.05) is 0 Å². The third-order valence-corrected chi connectivity index (χ3v) is 12.1. The maximum atomic E-state index is 12.7. The molecule has 0 saturated heterocycles. The molecule has 0 radical (unpaired) electrons. The van der Waals surface area contributed by atoms with E-state index in [2.05, 4.69) is 34.6 Å². The summed E-state index contributed by atoms with van der Waals surface area (Å²) < 4.78 is 16.7. The second-order valence-corrected chi connectivity index (χ2v) is 18.5. The quantitative estimate of drug-likeness (QED) is 0.0346. The average molecular weight is 821 g/mol. The molecule has 0 saturated carbocycles. The lowest BCUT2D eigenvalue weighted by atomic mass is 9.99. The van der Waals surface area contributed by atoms with Crippen molar-refractivity contribution in [3.63, 3.8) is 0 Å². The van der Waals surface area contributed by atoms with Gasteiger partial charge in [0.05, 0.1) is 0 Å². The first kappa shape index (κ1) is 56.4. The Labute approximate surface area is 361 Å². The van der Waals surface area contributed by atoms with Gasteiger partial charge in [-0.3, -0.25) is 14.4 Å². The minimum Gasteiger partial charge on any atom is -0.462 e. The molecule has 0 aliphatic heterocycles. The van der Waals surface area contributed by atoms with Crippen molar-refractivity contribution in [2.45, 2.75) is 291 Å². The van der Waals surface area contributed by atoms with Gasteiger partial charge in [-0.15, -0.1) is 0 Å². The SMILES string of the molecule is CCCCCCCC(=O)OC[C@H](COC(=O)CCCCCCCCCCCCCCCCC(C)C)OC(=O)CCCCCCCCCCCCCCCCC(C)CC. The summed E-state index contributed by atoms with van der Waals surface area (Å²) in [7, 11) is 0. The lowest BCUT2D eigenvalue weighted by Crippen LogP contribution is -2.30. The van der Waals surface area contributed by atoms with Crippen LogP contribution in [0.15, 0.2) is 0 Å². The average Bonchev–Trinajstić information content (AvgIpc) is 3.21. The molecule has 0 fully saturated rings. The molecule has 0 rings (SSSR count). The van der Waals surface area contributed by atoms with Crippen molar-refractivity contribution >= 4 is 17.9 Å². The molecule has 1 unspecified atom stereocenters. The Balaban J connectivity index is 4.11. The highest BCUT2D eigenvalue weighted by molar-refractivity contribution is 5.71. The van der Waals surface area contributed by atoms with Gasteiger partial charge in [0.25, 0.3) is 0 Å². The van der Waals surface area contributed by atoms with Crippen LogP contribution in [0.1, 0.15) is 285 Å². The molecule has 0 amide bonds. The van der Waals surface area contributed by atoms with Crippen LogP contribution in [-0.4, -0.2) is 37.2 Å². The second kappa shape index (κ2) is 44.9. The van der Waals surface area contributed by atoms with E-state index in [9.17, 15) is 14.4 Å². The fourth-order valence-electron chi connectivity index (χ4n) is 7.78. The van der Waals surface area contributed by atoms with Crippen molar-refractivity contribution in [1.29, 1.82) is 0 Å². The largest absolute Gasteiger partial charge is 0.462 e. The zero-order valence-electron chi connectivity index (χ0n) is 39.7. The van der Waals surface area contributed by atoms with Gasteiger partial charge in [-0.1, -0.05) is 247 Å². The van der Waals surface area contributed by atoms with Gasteiger partial charge >= 0.3 is 17.9 Å². The van der Waals surface area contributed by atoms with E-state index >= 15 is 0 Å². The van der Waals surface area contributed by atoms with Crippen molar-refractivity contribution in [2.75, 3.05) is 13.2 Å². The zero-order valence-corrected chi connectivity index (χ0v) is 39.7. The Morgan fingerprint density at radius 2 is 0.655 bits per heavy atom. The molecule has 0 aromatic rings. The number of hydrogen-bond acceptors (Lipinski definition) is 6. The Morgan fingerprint density at radius 3 is 0.983 bits per heavy atom. The third kappa shape index (κ3) is 44.0. The van der Waals surface area contributed by atoms with E-state index in [1.54, 1.807) is 0 Å². The van der Waals surface area contributed by atoms with Gasteiger partial charge in [-0.2, -0.15) is 0 Å². The first-order chi connectivity index (χ1) is 28.3. The summed E-state index contributed by atoms with van der Waals surface area (Å²) in [5.74, 6) is 0.877. The number of hydrogen-bond donors (Lipinski definition) is 0. The molecular weight excluding hydrogens is 721 g/mol. The molecule has 0 aliphatic rings. The molecule has 2 atom stereocenters. The third-order valence-electron chi connectivity index (χ3n) is 12.1. The summed E-state index contributed by atoms with van der Waals surface area (Å²) in [6, 6.07) is 0. The van der Waals surface area contributed by atoms with Crippen LogP contribution >= 0.6 is 0 Å². The van der Waals surface area contributed by atoms with E-state index in [0.717, 1.165) is 76.0 Å². The van der Waals surface area contributed by atoms with Crippen molar-refractivity contribution in [1.82, 2.24) is 0 Å². The number of carbonyl (C=O) groups excluding carboxylic acids is 3. The highest BCUT2D eigenvalue weighted by Crippen LogP contribution is 2.18. The highest BCUT2D eigenvalue weighted by atomic mass is 16.6. The molecule has 0 aromatic heterocycles. The van der Waals surface area contributed by atoms with Crippen LogP contribution in [-0.2, 0) is 28.6 Å². The Kier molecular flexibility index (Phi) is 43.7. The van der Waals surface area contributed by atoms with Gasteiger partial charge < -0.3 is 14.2 Å². The highest BCUT2D eigenvalue weighted by Gasteiger charge is 2.19. The van der Waals surface area contributed by atoms with E-state index < -0.39 is 6.10 Å². The number of unbranched alkanes of at least 4 members (excludes halogenated alkanes) is 30. The van der Waals surface area contributed by atoms with E-state index in [0.29, 0.717) is 19.3 Å². The number of rotatable bonds is 46. The van der Waals surface area contributed by atoms with Crippen LogP contribution < -0.4 is 0 Å². The van der Waals surface area contributed by atoms with Gasteiger partial charge in [0, 0.05) is 19.3 Å². The van der Waals surface area contributed by atoms with Crippen molar-refractivity contribution in [2.24, 2.45) is 11.8 Å². The van der Waals surface area contributed by atoms with Crippen LogP contribution in [0, 0.1) is 11.8 Å². The van der Waals surface area contributed by atoms with E-state index in [4.69, 9.17) is 14.2 Å². The molecule has 0 bridgehead atoms. The van der Waals surface area contributed by atoms with E-state index in [1.165, 1.54) is 167 Å². The van der Waals surface area contributed by atoms with Crippen LogP contribution in [0.2, 0.25) is 0 Å². The number of ether oxygens (including phenoxy) is 3. The molecular formula is C52H100O6. The lowest BCUT2D eigenvalue weighted by Gasteiger charge is -2.18. The van der Waals surface area contributed by atoms with Crippen molar-refractivity contribution in [3.8, 4) is 0 Å². The predicted molar refractivity (Wildman–Crippen MR) is 247 cm³/mol. The summed E-state index contributed by atoms with van der Waals surface area (Å²) in [6.45, 7) is 11.3. The molecule has 58 heavy (non-hydrogen) atoms. The normalized spacial score (nSPS) is 12.5. The Morgan fingerprint density at radius 1 is 0.362 bits per heavy atom. The maximum Gasteiger partial charge on any atom is 0.306 e. The predicted octanol–water partition coefficient (Wildman–Crippen LogP) is 16.5. The van der Waals surface area contributed by atoms with Gasteiger partial charge in [-0.05, 0) is 31.1 Å². The van der Waals surface area contributed by atoms with Gasteiger partial charge in [0.1, 0.15) is 13.2 Å². The Bertz CT molecular complexity index is 887.